The molecule has 0 aromatic carbocycles. The number of piperazine rings is 1. The SMILES string of the molecule is O=C(CC1CCCOC1)N1CCC(N2CCN(CCO)CC2)CC1.O=CO. The number of amides is 1. The number of carbonyl (C=O) groups excluding carboxylic acids is 1. The highest BCUT2D eigenvalue weighted by Crippen LogP contribution is 2.22. The molecule has 8 heteroatoms. The van der Waals surface area contributed by atoms with Crippen molar-refractivity contribution in [2.24, 2.45) is 5.92 Å². The van der Waals surface area contributed by atoms with E-state index in [-0.39, 0.29) is 13.1 Å². The molecule has 3 aliphatic rings. The second kappa shape index (κ2) is 12.3. The van der Waals surface area contributed by atoms with E-state index in [4.69, 9.17) is 19.7 Å². The number of aliphatic hydroxyl groups is 1. The average Bonchev–Trinajstić information content (AvgIpc) is 2.70. The van der Waals surface area contributed by atoms with Crippen LogP contribution >= 0.6 is 0 Å². The highest BCUT2D eigenvalue weighted by atomic mass is 16.5. The monoisotopic (exact) mass is 385 g/mol. The summed E-state index contributed by atoms with van der Waals surface area (Å²) in [5, 5.41) is 15.9. The number of ether oxygens (including phenoxy) is 1. The zero-order valence-electron chi connectivity index (χ0n) is 16.3. The molecule has 0 bridgehead atoms. The van der Waals surface area contributed by atoms with Crippen molar-refractivity contribution < 1.29 is 24.5 Å². The Morgan fingerprint density at radius 3 is 2.30 bits per heavy atom. The van der Waals surface area contributed by atoms with Crippen LogP contribution in [0, 0.1) is 5.92 Å². The van der Waals surface area contributed by atoms with Gasteiger partial charge in [-0.2, -0.15) is 0 Å². The summed E-state index contributed by atoms with van der Waals surface area (Å²) in [5.41, 5.74) is 0. The van der Waals surface area contributed by atoms with Gasteiger partial charge in [0.05, 0.1) is 6.61 Å². The van der Waals surface area contributed by atoms with Crippen LogP contribution in [-0.4, -0.2) is 109 Å². The van der Waals surface area contributed by atoms with Gasteiger partial charge in [-0.25, -0.2) is 0 Å². The standard InChI is InChI=1S/C18H33N3O3.CH2O2/c22-12-11-19-7-9-20(10-8-19)17-3-5-21(6-4-17)18(23)14-16-2-1-13-24-15-16;2-1-3/h16-17,22H,1-15H2;1H,(H,2,3). The summed E-state index contributed by atoms with van der Waals surface area (Å²) in [6, 6.07) is 0.628. The quantitative estimate of drug-likeness (QED) is 0.649. The molecule has 27 heavy (non-hydrogen) atoms. The molecule has 2 N–H and O–H groups in total. The molecule has 1 atom stereocenters. The van der Waals surface area contributed by atoms with Crippen LogP contribution in [0.4, 0.5) is 0 Å². The smallest absolute Gasteiger partial charge is 0.290 e. The van der Waals surface area contributed by atoms with Crippen molar-refractivity contribution in [1.82, 2.24) is 14.7 Å². The van der Waals surface area contributed by atoms with Crippen molar-refractivity contribution in [1.29, 1.82) is 0 Å². The number of aliphatic hydroxyl groups excluding tert-OH is 1. The van der Waals surface area contributed by atoms with Gasteiger partial charge in [0.15, 0.2) is 0 Å². The van der Waals surface area contributed by atoms with Crippen molar-refractivity contribution in [2.45, 2.75) is 38.1 Å². The molecule has 0 spiro atoms. The predicted octanol–water partition coefficient (Wildman–Crippen LogP) is 0.105. The predicted molar refractivity (Wildman–Crippen MR) is 102 cm³/mol. The van der Waals surface area contributed by atoms with Crippen LogP contribution in [0.1, 0.15) is 32.1 Å². The lowest BCUT2D eigenvalue weighted by atomic mass is 9.96. The Hall–Kier alpha value is -1.22. The molecule has 3 fully saturated rings. The van der Waals surface area contributed by atoms with E-state index < -0.39 is 0 Å². The van der Waals surface area contributed by atoms with Crippen molar-refractivity contribution in [3.05, 3.63) is 0 Å². The van der Waals surface area contributed by atoms with Gasteiger partial charge in [-0.1, -0.05) is 0 Å². The molecule has 0 aromatic heterocycles. The third-order valence-electron chi connectivity index (χ3n) is 5.87. The first-order chi connectivity index (χ1) is 13.2. The largest absolute Gasteiger partial charge is 0.483 e. The minimum Gasteiger partial charge on any atom is -0.483 e. The van der Waals surface area contributed by atoms with E-state index in [1.807, 2.05) is 0 Å². The molecule has 0 saturated carbocycles. The number of hydrogen-bond donors (Lipinski definition) is 2. The Morgan fingerprint density at radius 2 is 1.74 bits per heavy atom. The van der Waals surface area contributed by atoms with Gasteiger partial charge >= 0.3 is 0 Å². The molecule has 1 amide bonds. The minimum atomic E-state index is -0.250. The number of rotatable bonds is 5. The first-order valence-corrected chi connectivity index (χ1v) is 10.2. The Kier molecular flexibility index (Phi) is 10.0. The van der Waals surface area contributed by atoms with E-state index in [0.29, 0.717) is 24.3 Å². The summed E-state index contributed by atoms with van der Waals surface area (Å²) in [6.07, 6.45) is 5.12. The molecule has 0 aliphatic carbocycles. The zero-order chi connectivity index (χ0) is 19.5. The molecule has 1 unspecified atom stereocenters. The first-order valence-electron chi connectivity index (χ1n) is 10.2. The van der Waals surface area contributed by atoms with E-state index >= 15 is 0 Å². The summed E-state index contributed by atoms with van der Waals surface area (Å²) in [6.45, 7) is 8.56. The number of carboxylic acid groups (broad SMARTS) is 1. The maximum Gasteiger partial charge on any atom is 0.290 e. The van der Waals surface area contributed by atoms with Gasteiger partial charge in [-0.3, -0.25) is 19.4 Å². The maximum atomic E-state index is 12.5. The van der Waals surface area contributed by atoms with E-state index in [0.717, 1.165) is 84.7 Å². The fraction of sp³-hybridized carbons (Fsp3) is 0.895. The molecule has 0 radical (unpaired) electrons. The van der Waals surface area contributed by atoms with Crippen molar-refractivity contribution in [2.75, 3.05) is 65.6 Å². The molecule has 8 nitrogen and oxygen atoms in total. The topological polar surface area (TPSA) is 93.5 Å². The van der Waals surface area contributed by atoms with E-state index in [1.54, 1.807) is 0 Å². The van der Waals surface area contributed by atoms with Crippen LogP contribution < -0.4 is 0 Å². The maximum absolute atomic E-state index is 12.5. The second-order valence-corrected chi connectivity index (χ2v) is 7.61. The van der Waals surface area contributed by atoms with Gasteiger partial charge < -0.3 is 19.8 Å². The fourth-order valence-electron chi connectivity index (χ4n) is 4.32. The number of β-amino-alcohol motifs (C(OH)–C–C–N with tert-alkyl or cyclic N) is 1. The van der Waals surface area contributed by atoms with Crippen molar-refractivity contribution in [3.63, 3.8) is 0 Å². The molecule has 0 aromatic rings. The van der Waals surface area contributed by atoms with E-state index in [9.17, 15) is 4.79 Å². The highest BCUT2D eigenvalue weighted by Gasteiger charge is 2.29. The van der Waals surface area contributed by atoms with Gasteiger partial charge in [0.25, 0.3) is 6.47 Å². The van der Waals surface area contributed by atoms with Crippen LogP contribution in [0.3, 0.4) is 0 Å². The fourth-order valence-corrected chi connectivity index (χ4v) is 4.32. The molecule has 3 aliphatic heterocycles. The summed E-state index contributed by atoms with van der Waals surface area (Å²) in [5.74, 6) is 0.764. The normalized spacial score (nSPS) is 25.5. The highest BCUT2D eigenvalue weighted by molar-refractivity contribution is 5.76. The van der Waals surface area contributed by atoms with Crippen LogP contribution in [0.15, 0.2) is 0 Å². The number of carbonyl (C=O) groups is 2. The Labute approximate surface area is 162 Å². The van der Waals surface area contributed by atoms with E-state index in [2.05, 4.69) is 14.7 Å². The van der Waals surface area contributed by atoms with E-state index in [1.165, 1.54) is 0 Å². The molecular formula is C19H35N3O5. The Morgan fingerprint density at radius 1 is 1.07 bits per heavy atom. The minimum absolute atomic E-state index is 0.250. The van der Waals surface area contributed by atoms with Crippen LogP contribution in [0.2, 0.25) is 0 Å². The molecule has 3 rings (SSSR count). The lowest BCUT2D eigenvalue weighted by molar-refractivity contribution is -0.135. The third-order valence-corrected chi connectivity index (χ3v) is 5.87. The number of piperidine rings is 1. The van der Waals surface area contributed by atoms with Gasteiger partial charge in [-0.15, -0.1) is 0 Å². The second-order valence-electron chi connectivity index (χ2n) is 7.61. The molecule has 156 valence electrons. The molecule has 3 heterocycles. The van der Waals surface area contributed by atoms with Crippen LogP contribution in [0.25, 0.3) is 0 Å². The van der Waals surface area contributed by atoms with Gasteiger partial charge in [0.2, 0.25) is 5.91 Å². The Bertz CT molecular complexity index is 429. The third kappa shape index (κ3) is 7.37. The summed E-state index contributed by atoms with van der Waals surface area (Å²) in [4.78, 5) is 27.9. The number of hydrogen-bond acceptors (Lipinski definition) is 6. The zero-order valence-corrected chi connectivity index (χ0v) is 16.3. The van der Waals surface area contributed by atoms with Gasteiger partial charge in [0, 0.05) is 71.5 Å². The average molecular weight is 386 g/mol. The van der Waals surface area contributed by atoms with Crippen LogP contribution in [-0.2, 0) is 14.3 Å². The lowest BCUT2D eigenvalue weighted by Gasteiger charge is -2.43. The van der Waals surface area contributed by atoms with Gasteiger partial charge in [-0.05, 0) is 31.6 Å². The summed E-state index contributed by atoms with van der Waals surface area (Å²) < 4.78 is 5.50. The number of likely N-dealkylation sites (tertiary alicyclic amines) is 1. The summed E-state index contributed by atoms with van der Waals surface area (Å²) >= 11 is 0. The summed E-state index contributed by atoms with van der Waals surface area (Å²) in [7, 11) is 0. The number of nitrogens with zero attached hydrogens (tertiary/aromatic N) is 3. The first kappa shape index (κ1) is 22.1. The van der Waals surface area contributed by atoms with Gasteiger partial charge in [0.1, 0.15) is 0 Å². The van der Waals surface area contributed by atoms with Crippen molar-refractivity contribution >= 4 is 12.4 Å². The Balaban J connectivity index is 0.000000817. The van der Waals surface area contributed by atoms with Crippen LogP contribution in [0.5, 0.6) is 0 Å². The molecule has 3 saturated heterocycles. The molecular weight excluding hydrogens is 350 g/mol. The van der Waals surface area contributed by atoms with Crippen molar-refractivity contribution in [3.8, 4) is 0 Å². The lowest BCUT2D eigenvalue weighted by Crippen LogP contribution is -2.54.